The number of guanidine groups is 1. The summed E-state index contributed by atoms with van der Waals surface area (Å²) >= 11 is 0. The van der Waals surface area contributed by atoms with Gasteiger partial charge in [0.1, 0.15) is 11.5 Å². The summed E-state index contributed by atoms with van der Waals surface area (Å²) in [6, 6.07) is 17.3. The molecule has 4 N–H and O–H groups in total. The molecule has 1 aromatic heterocycles. The second-order valence-electron chi connectivity index (χ2n) is 5.96. The molecule has 134 valence electrons. The minimum atomic E-state index is 0.394. The molecule has 0 aliphatic heterocycles. The smallest absolute Gasteiger partial charge is 0.193 e. The summed E-state index contributed by atoms with van der Waals surface area (Å²) in [5, 5.41) is 10.1. The van der Waals surface area contributed by atoms with Crippen molar-refractivity contribution in [2.24, 2.45) is 10.7 Å². The van der Waals surface area contributed by atoms with Crippen molar-refractivity contribution in [1.29, 1.82) is 0 Å². The molecule has 3 aromatic rings. The molecular weight excluding hydrogens is 326 g/mol. The van der Waals surface area contributed by atoms with Gasteiger partial charge in [-0.1, -0.05) is 24.3 Å². The van der Waals surface area contributed by atoms with Crippen molar-refractivity contribution in [2.75, 3.05) is 11.9 Å². The fourth-order valence-corrected chi connectivity index (χ4v) is 2.55. The van der Waals surface area contributed by atoms with Crippen LogP contribution in [0.5, 0.6) is 11.5 Å². The van der Waals surface area contributed by atoms with Crippen LogP contribution >= 0.6 is 0 Å². The molecule has 6 heteroatoms. The van der Waals surface area contributed by atoms with Crippen molar-refractivity contribution >= 4 is 11.6 Å². The molecule has 0 aliphatic carbocycles. The maximum absolute atomic E-state index is 5.98. The monoisotopic (exact) mass is 349 g/mol. The predicted octanol–water partition coefficient (Wildman–Crippen LogP) is 3.87. The van der Waals surface area contributed by atoms with Crippen LogP contribution in [0.1, 0.15) is 17.7 Å². The highest BCUT2D eigenvalue weighted by Gasteiger charge is 2.01. The van der Waals surface area contributed by atoms with Crippen molar-refractivity contribution in [3.8, 4) is 11.5 Å². The lowest BCUT2D eigenvalue weighted by Gasteiger charge is -2.09. The Hall–Kier alpha value is -3.28. The maximum Gasteiger partial charge on any atom is 0.193 e. The van der Waals surface area contributed by atoms with Crippen LogP contribution < -0.4 is 15.8 Å². The lowest BCUT2D eigenvalue weighted by Crippen LogP contribution is -2.22. The molecule has 0 saturated heterocycles. The topological polar surface area (TPSA) is 88.3 Å². The van der Waals surface area contributed by atoms with E-state index in [-0.39, 0.29) is 0 Å². The summed E-state index contributed by atoms with van der Waals surface area (Å²) in [7, 11) is 0. The number of aromatic nitrogens is 2. The fourth-order valence-electron chi connectivity index (χ4n) is 2.55. The van der Waals surface area contributed by atoms with Gasteiger partial charge in [0.15, 0.2) is 5.96 Å². The molecule has 3 rings (SSSR count). The summed E-state index contributed by atoms with van der Waals surface area (Å²) < 4.78 is 5.82. The average Bonchev–Trinajstić information content (AvgIpc) is 3.05. The summed E-state index contributed by atoms with van der Waals surface area (Å²) in [5.74, 6) is 1.93. The number of nitrogens with two attached hydrogens (primary N) is 1. The Morgan fingerprint density at radius 3 is 2.73 bits per heavy atom. The first-order chi connectivity index (χ1) is 12.7. The van der Waals surface area contributed by atoms with Gasteiger partial charge in [-0.3, -0.25) is 10.1 Å². The molecule has 1 heterocycles. The lowest BCUT2D eigenvalue weighted by atomic mass is 10.1. The van der Waals surface area contributed by atoms with E-state index in [1.54, 1.807) is 0 Å². The molecule has 0 spiro atoms. The predicted molar refractivity (Wildman–Crippen MR) is 105 cm³/mol. The molecule has 2 aromatic carbocycles. The normalized spacial score (nSPS) is 11.3. The van der Waals surface area contributed by atoms with Crippen LogP contribution in [0.15, 0.2) is 65.8 Å². The van der Waals surface area contributed by atoms with Gasteiger partial charge in [-0.25, -0.2) is 0 Å². The van der Waals surface area contributed by atoms with Crippen molar-refractivity contribution in [3.05, 3.63) is 72.1 Å². The highest BCUT2D eigenvalue weighted by molar-refractivity contribution is 5.92. The number of hydrogen-bond acceptors (Lipinski definition) is 3. The third-order valence-corrected chi connectivity index (χ3v) is 3.91. The highest BCUT2D eigenvalue weighted by atomic mass is 16.5. The highest BCUT2D eigenvalue weighted by Crippen LogP contribution is 2.23. The Bertz CT molecular complexity index is 857. The number of benzene rings is 2. The molecule has 0 atom stereocenters. The largest absolute Gasteiger partial charge is 0.457 e. The van der Waals surface area contributed by atoms with Crippen molar-refractivity contribution in [3.63, 3.8) is 0 Å². The number of para-hydroxylation sites is 1. The van der Waals surface area contributed by atoms with E-state index in [1.165, 1.54) is 5.56 Å². The van der Waals surface area contributed by atoms with Gasteiger partial charge in [-0.05, 0) is 49.6 Å². The first-order valence-electron chi connectivity index (χ1n) is 8.59. The van der Waals surface area contributed by atoms with E-state index in [1.807, 2.05) is 67.7 Å². The van der Waals surface area contributed by atoms with Crippen molar-refractivity contribution in [2.45, 2.75) is 19.8 Å². The number of ether oxygens (including phenoxy) is 1. The molecular formula is C20H23N5O. The molecule has 0 bridgehead atoms. The maximum atomic E-state index is 5.98. The Kier molecular flexibility index (Phi) is 5.88. The third kappa shape index (κ3) is 5.11. The summed E-state index contributed by atoms with van der Waals surface area (Å²) in [5.41, 5.74) is 9.14. The number of nitrogens with one attached hydrogen (secondary N) is 2. The number of nitrogens with zero attached hydrogens (tertiary/aromatic N) is 2. The molecule has 0 fully saturated rings. The van der Waals surface area contributed by atoms with E-state index in [0.717, 1.165) is 35.7 Å². The van der Waals surface area contributed by atoms with Crippen LogP contribution in [-0.4, -0.2) is 22.7 Å². The quantitative estimate of drug-likeness (QED) is 0.343. The Morgan fingerprint density at radius 1 is 1.15 bits per heavy atom. The second-order valence-corrected chi connectivity index (χ2v) is 5.96. The molecule has 0 amide bonds. The SMILES string of the molecule is Cc1[nH]ncc1CCCN=C(N)Nc1cccc(Oc2ccccc2)c1. The van der Waals surface area contributed by atoms with Gasteiger partial charge in [-0.2, -0.15) is 5.10 Å². The summed E-state index contributed by atoms with van der Waals surface area (Å²) in [6.07, 6.45) is 3.71. The average molecular weight is 349 g/mol. The fraction of sp³-hybridized carbons (Fsp3) is 0.200. The van der Waals surface area contributed by atoms with Crippen LogP contribution in [0.4, 0.5) is 5.69 Å². The van der Waals surface area contributed by atoms with E-state index in [4.69, 9.17) is 10.5 Å². The first kappa shape index (κ1) is 17.5. The van der Waals surface area contributed by atoms with Gasteiger partial charge in [0.05, 0.1) is 6.20 Å². The van der Waals surface area contributed by atoms with Crippen LogP contribution in [0, 0.1) is 6.92 Å². The van der Waals surface area contributed by atoms with Crippen molar-refractivity contribution in [1.82, 2.24) is 10.2 Å². The molecule has 0 unspecified atom stereocenters. The molecule has 0 radical (unpaired) electrons. The zero-order chi connectivity index (χ0) is 18.2. The Labute approximate surface area is 153 Å². The number of rotatable bonds is 7. The van der Waals surface area contributed by atoms with Crippen molar-refractivity contribution < 1.29 is 4.74 Å². The third-order valence-electron chi connectivity index (χ3n) is 3.91. The van der Waals surface area contributed by atoms with E-state index in [0.29, 0.717) is 12.5 Å². The number of aliphatic imine (C=N–C) groups is 1. The minimum absolute atomic E-state index is 0.394. The standard InChI is InChI=1S/C20H23N5O/c1-15-16(14-23-25-15)7-6-12-22-20(21)24-17-8-5-11-19(13-17)26-18-9-3-2-4-10-18/h2-5,8-11,13-14H,6-7,12H2,1H3,(H,23,25)(H3,21,22,24). The van der Waals surface area contributed by atoms with Crippen LogP contribution in [0.3, 0.4) is 0 Å². The number of aromatic amines is 1. The number of hydrogen-bond donors (Lipinski definition) is 3. The number of anilines is 1. The van der Waals surface area contributed by atoms with Gasteiger partial charge in [0, 0.05) is 24.0 Å². The summed E-state index contributed by atoms with van der Waals surface area (Å²) in [6.45, 7) is 2.68. The summed E-state index contributed by atoms with van der Waals surface area (Å²) in [4.78, 5) is 4.37. The molecule has 0 aliphatic rings. The molecule has 0 saturated carbocycles. The zero-order valence-corrected chi connectivity index (χ0v) is 14.8. The Balaban J connectivity index is 1.51. The minimum Gasteiger partial charge on any atom is -0.457 e. The zero-order valence-electron chi connectivity index (χ0n) is 14.8. The Morgan fingerprint density at radius 2 is 1.96 bits per heavy atom. The van der Waals surface area contributed by atoms with Gasteiger partial charge in [0.2, 0.25) is 0 Å². The van der Waals surface area contributed by atoms with Gasteiger partial charge in [-0.15, -0.1) is 0 Å². The molecule has 6 nitrogen and oxygen atoms in total. The number of aryl methyl sites for hydroxylation is 2. The number of H-pyrrole nitrogens is 1. The van der Waals surface area contributed by atoms with Gasteiger partial charge >= 0.3 is 0 Å². The van der Waals surface area contributed by atoms with E-state index < -0.39 is 0 Å². The van der Waals surface area contributed by atoms with Gasteiger partial charge in [0.25, 0.3) is 0 Å². The van der Waals surface area contributed by atoms with Gasteiger partial charge < -0.3 is 15.8 Å². The first-order valence-corrected chi connectivity index (χ1v) is 8.59. The van der Waals surface area contributed by atoms with E-state index >= 15 is 0 Å². The van der Waals surface area contributed by atoms with Crippen LogP contribution in [0.2, 0.25) is 0 Å². The van der Waals surface area contributed by atoms with E-state index in [9.17, 15) is 0 Å². The molecule has 26 heavy (non-hydrogen) atoms. The van der Waals surface area contributed by atoms with E-state index in [2.05, 4.69) is 20.5 Å². The second kappa shape index (κ2) is 8.71. The van der Waals surface area contributed by atoms with Crippen LogP contribution in [-0.2, 0) is 6.42 Å². The lowest BCUT2D eigenvalue weighted by molar-refractivity contribution is 0.483. The van der Waals surface area contributed by atoms with Crippen LogP contribution in [0.25, 0.3) is 0 Å².